The van der Waals surface area contributed by atoms with Crippen molar-refractivity contribution >= 4 is 36.0 Å². The Kier molecular flexibility index (Phi) is 23.5. The number of rotatable bonds is 11. The van der Waals surface area contributed by atoms with Gasteiger partial charge in [-0.2, -0.15) is 0 Å². The number of hydrogen-bond donors (Lipinski definition) is 3. The maximum absolute atomic E-state index is 11.7. The van der Waals surface area contributed by atoms with Gasteiger partial charge in [-0.15, -0.1) is 0 Å². The van der Waals surface area contributed by atoms with E-state index >= 15 is 0 Å². The molecule has 0 radical (unpaired) electrons. The monoisotopic (exact) mass is 726 g/mol. The number of nitrogens with one attached hydrogen (secondary N) is 1. The van der Waals surface area contributed by atoms with Crippen LogP contribution >= 0.6 is 0 Å². The SMILES string of the molecule is C.C1CCOC1.COC(=O)c1ccc(/C=C/C(=O)NCCc2ccccn2)cc1.COC(=O)c1ccc(/C=C/C(=O)O)cc1.NCCc1ccccn1. The van der Waals surface area contributed by atoms with Crippen molar-refractivity contribution in [1.29, 1.82) is 0 Å². The Hall–Kier alpha value is -5.98. The highest BCUT2D eigenvalue weighted by molar-refractivity contribution is 5.92. The maximum Gasteiger partial charge on any atom is 0.337 e. The van der Waals surface area contributed by atoms with E-state index in [9.17, 15) is 19.2 Å². The number of carbonyl (C=O) groups excluding carboxylic acids is 3. The zero-order valence-corrected chi connectivity index (χ0v) is 29.5. The molecule has 282 valence electrons. The van der Waals surface area contributed by atoms with E-state index in [1.165, 1.54) is 39.2 Å². The zero-order valence-electron chi connectivity index (χ0n) is 29.5. The topological polar surface area (TPSA) is 180 Å². The average Bonchev–Trinajstić information content (AvgIpc) is 3.78. The fraction of sp³-hybridized carbons (Fsp3) is 0.268. The molecule has 1 fully saturated rings. The largest absolute Gasteiger partial charge is 0.478 e. The van der Waals surface area contributed by atoms with E-state index in [-0.39, 0.29) is 19.3 Å². The quantitative estimate of drug-likeness (QED) is 0.125. The molecule has 0 aliphatic carbocycles. The molecule has 1 amide bonds. The van der Waals surface area contributed by atoms with Gasteiger partial charge in [-0.1, -0.05) is 43.8 Å². The molecule has 12 nitrogen and oxygen atoms in total. The minimum atomic E-state index is -1.01. The molecule has 0 unspecified atom stereocenters. The van der Waals surface area contributed by atoms with E-state index < -0.39 is 11.9 Å². The van der Waals surface area contributed by atoms with Gasteiger partial charge in [0.15, 0.2) is 0 Å². The predicted octanol–water partition coefficient (Wildman–Crippen LogP) is 5.83. The van der Waals surface area contributed by atoms with Crippen LogP contribution in [0.4, 0.5) is 0 Å². The van der Waals surface area contributed by atoms with Crippen LogP contribution < -0.4 is 11.1 Å². The summed E-state index contributed by atoms with van der Waals surface area (Å²) >= 11 is 0. The van der Waals surface area contributed by atoms with Crippen LogP contribution in [0.15, 0.2) is 109 Å². The molecular formula is C41H50N4O8. The van der Waals surface area contributed by atoms with Crippen molar-refractivity contribution in [3.63, 3.8) is 0 Å². The average molecular weight is 727 g/mol. The number of aromatic nitrogens is 2. The Morgan fingerprint density at radius 1 is 0.736 bits per heavy atom. The van der Waals surface area contributed by atoms with Crippen molar-refractivity contribution in [3.05, 3.63) is 143 Å². The van der Waals surface area contributed by atoms with Crippen molar-refractivity contribution in [2.24, 2.45) is 5.73 Å². The van der Waals surface area contributed by atoms with Gasteiger partial charge >= 0.3 is 17.9 Å². The van der Waals surface area contributed by atoms with Crippen molar-refractivity contribution in [2.45, 2.75) is 33.1 Å². The maximum atomic E-state index is 11.7. The Morgan fingerprint density at radius 2 is 1.21 bits per heavy atom. The van der Waals surface area contributed by atoms with Crippen molar-refractivity contribution in [3.8, 4) is 0 Å². The first-order chi connectivity index (χ1) is 25.2. The summed E-state index contributed by atoms with van der Waals surface area (Å²) in [5, 5.41) is 11.2. The highest BCUT2D eigenvalue weighted by atomic mass is 16.5. The molecule has 0 spiro atoms. The summed E-state index contributed by atoms with van der Waals surface area (Å²) in [7, 11) is 2.64. The lowest BCUT2D eigenvalue weighted by Gasteiger charge is -2.02. The molecule has 5 rings (SSSR count). The first-order valence-corrected chi connectivity index (χ1v) is 16.6. The van der Waals surface area contributed by atoms with Gasteiger partial charge < -0.3 is 30.4 Å². The van der Waals surface area contributed by atoms with Gasteiger partial charge in [0.05, 0.1) is 25.3 Å². The van der Waals surface area contributed by atoms with Crippen molar-refractivity contribution in [1.82, 2.24) is 15.3 Å². The van der Waals surface area contributed by atoms with Gasteiger partial charge in [0.2, 0.25) is 5.91 Å². The number of carboxylic acids is 1. The van der Waals surface area contributed by atoms with Crippen LogP contribution in [0.3, 0.4) is 0 Å². The molecule has 0 saturated carbocycles. The molecule has 1 saturated heterocycles. The van der Waals surface area contributed by atoms with E-state index in [0.29, 0.717) is 36.2 Å². The van der Waals surface area contributed by atoms with E-state index in [0.717, 1.165) is 42.7 Å². The second kappa shape index (κ2) is 27.7. The number of pyridine rings is 2. The third kappa shape index (κ3) is 20.5. The molecule has 0 bridgehead atoms. The molecule has 2 aromatic heterocycles. The normalized spacial score (nSPS) is 11.3. The number of aliphatic carboxylic acids is 1. The number of carboxylic acid groups (broad SMARTS) is 1. The second-order valence-corrected chi connectivity index (χ2v) is 10.8. The summed E-state index contributed by atoms with van der Waals surface area (Å²) in [5.41, 5.74) is 9.79. The molecule has 1 aliphatic heterocycles. The summed E-state index contributed by atoms with van der Waals surface area (Å²) in [6.45, 7) is 3.21. The highest BCUT2D eigenvalue weighted by Gasteiger charge is 2.04. The van der Waals surface area contributed by atoms with Gasteiger partial charge in [0.25, 0.3) is 0 Å². The van der Waals surface area contributed by atoms with Crippen LogP contribution in [0.1, 0.15) is 63.5 Å². The van der Waals surface area contributed by atoms with E-state index in [1.54, 1.807) is 67.0 Å². The lowest BCUT2D eigenvalue weighted by Crippen LogP contribution is -2.23. The molecule has 0 atom stereocenters. The summed E-state index contributed by atoms with van der Waals surface area (Å²) in [4.78, 5) is 52.6. The second-order valence-electron chi connectivity index (χ2n) is 10.8. The van der Waals surface area contributed by atoms with Crippen LogP contribution in [0.2, 0.25) is 0 Å². The molecule has 2 aromatic carbocycles. The first kappa shape index (κ1) is 45.0. The first-order valence-electron chi connectivity index (χ1n) is 16.6. The summed E-state index contributed by atoms with van der Waals surface area (Å²) < 4.78 is 14.1. The Labute approximate surface area is 311 Å². The molecule has 53 heavy (non-hydrogen) atoms. The number of ether oxygens (including phenoxy) is 3. The lowest BCUT2D eigenvalue weighted by molar-refractivity contribution is -0.131. The number of nitrogens with two attached hydrogens (primary N) is 1. The number of esters is 2. The molecule has 4 N–H and O–H groups in total. The fourth-order valence-corrected chi connectivity index (χ4v) is 4.16. The van der Waals surface area contributed by atoms with Crippen LogP contribution in [0.25, 0.3) is 12.2 Å². The Morgan fingerprint density at radius 3 is 1.58 bits per heavy atom. The van der Waals surface area contributed by atoms with Gasteiger partial charge in [-0.3, -0.25) is 14.8 Å². The summed E-state index contributed by atoms with van der Waals surface area (Å²) in [6, 6.07) is 24.8. The zero-order chi connectivity index (χ0) is 37.8. The van der Waals surface area contributed by atoms with Gasteiger partial charge in [-0.25, -0.2) is 14.4 Å². The molecular weight excluding hydrogens is 676 g/mol. The Bertz CT molecular complexity index is 1670. The number of amides is 1. The number of hydrogen-bond acceptors (Lipinski definition) is 10. The molecule has 3 heterocycles. The number of nitrogens with zero attached hydrogens (tertiary/aromatic N) is 2. The third-order valence-corrected chi connectivity index (χ3v) is 6.87. The number of carbonyl (C=O) groups is 4. The van der Waals surface area contributed by atoms with Crippen LogP contribution in [-0.4, -0.2) is 79.4 Å². The lowest BCUT2D eigenvalue weighted by atomic mass is 10.1. The molecule has 1 aliphatic rings. The minimum absolute atomic E-state index is 0. The summed E-state index contributed by atoms with van der Waals surface area (Å²) in [5.74, 6) is -1.97. The van der Waals surface area contributed by atoms with E-state index in [1.807, 2.05) is 36.4 Å². The molecule has 12 heteroatoms. The van der Waals surface area contributed by atoms with E-state index in [4.69, 9.17) is 15.6 Å². The summed E-state index contributed by atoms with van der Waals surface area (Å²) in [6.07, 6.45) is 13.3. The molecule has 4 aromatic rings. The minimum Gasteiger partial charge on any atom is -0.478 e. The van der Waals surface area contributed by atoms with Crippen LogP contribution in [-0.2, 0) is 36.6 Å². The van der Waals surface area contributed by atoms with E-state index in [2.05, 4.69) is 24.8 Å². The number of benzene rings is 2. The van der Waals surface area contributed by atoms with Gasteiger partial charge in [0, 0.05) is 68.5 Å². The standard InChI is InChI=1S/C18H18N2O3.C11H10O4.C7H10N2.C4H8O.CH4/c1-23-18(22)15-8-5-14(6-9-15)7-10-17(21)20-13-11-16-4-2-3-12-19-16;1-15-11(14)9-5-2-8(3-6-9)4-7-10(12)13;8-5-4-7-3-1-2-6-9-7;1-2-4-5-3-1;/h2-10,12H,11,13H2,1H3,(H,20,21);2-7H,1H3,(H,12,13);1-3,6H,4-5,8H2;1-4H2;1H4/b10-7+;7-4+;;;. The third-order valence-electron chi connectivity index (χ3n) is 6.87. The van der Waals surface area contributed by atoms with Crippen LogP contribution in [0.5, 0.6) is 0 Å². The van der Waals surface area contributed by atoms with Crippen molar-refractivity contribution < 1.29 is 38.5 Å². The number of methoxy groups -OCH3 is 2. The van der Waals surface area contributed by atoms with Gasteiger partial charge in [-0.05, 0) is 91.2 Å². The van der Waals surface area contributed by atoms with Crippen LogP contribution in [0, 0.1) is 0 Å². The fourth-order valence-electron chi connectivity index (χ4n) is 4.16. The smallest absolute Gasteiger partial charge is 0.337 e. The van der Waals surface area contributed by atoms with Gasteiger partial charge in [0.1, 0.15) is 0 Å². The highest BCUT2D eigenvalue weighted by Crippen LogP contribution is 2.08. The Balaban J connectivity index is 0.000000398. The van der Waals surface area contributed by atoms with Crippen molar-refractivity contribution in [2.75, 3.05) is 40.5 Å². The predicted molar refractivity (Wildman–Crippen MR) is 206 cm³/mol.